The minimum Gasteiger partial charge on any atom is -0.247 e. The summed E-state index contributed by atoms with van der Waals surface area (Å²) < 4.78 is 2.40. The maximum Gasteiger partial charge on any atom is 0.0201 e. The molecule has 0 aromatic rings. The molecule has 0 unspecified atom stereocenters. The van der Waals surface area contributed by atoms with E-state index in [9.17, 15) is 0 Å². The molecule has 9 heavy (non-hydrogen) atoms. The summed E-state index contributed by atoms with van der Waals surface area (Å²) in [4.78, 5) is 0. The van der Waals surface area contributed by atoms with Gasteiger partial charge in [0.25, 0.3) is 0 Å². The highest BCUT2D eigenvalue weighted by Crippen LogP contribution is 2.22. The highest BCUT2D eigenvalue weighted by molar-refractivity contribution is 14.1. The monoisotopic (exact) mass is 239 g/mol. The first-order valence-electron chi connectivity index (χ1n) is 3.59. The van der Waals surface area contributed by atoms with Gasteiger partial charge in [0, 0.05) is 36.0 Å². The summed E-state index contributed by atoms with van der Waals surface area (Å²) >= 11 is 2.42. The van der Waals surface area contributed by atoms with Crippen molar-refractivity contribution < 1.29 is 0 Å². The van der Waals surface area contributed by atoms with Gasteiger partial charge in [-0.15, -0.1) is 0 Å². The molecule has 1 aliphatic rings. The van der Waals surface area contributed by atoms with Crippen molar-refractivity contribution in [3.8, 4) is 0 Å². The van der Waals surface area contributed by atoms with Crippen LogP contribution in [0.4, 0.5) is 0 Å². The van der Waals surface area contributed by atoms with E-state index >= 15 is 0 Å². The Labute approximate surface area is 71.3 Å². The normalized spacial score (nSPS) is 39.0. The first kappa shape index (κ1) is 7.79. The van der Waals surface area contributed by atoms with Crippen LogP contribution < -0.4 is 0 Å². The summed E-state index contributed by atoms with van der Waals surface area (Å²) in [6, 6.07) is 0. The topological polar surface area (TPSA) is 3.24 Å². The quantitative estimate of drug-likeness (QED) is 0.463. The second kappa shape index (κ2) is 3.19. The van der Waals surface area contributed by atoms with Crippen molar-refractivity contribution in [1.29, 1.82) is 0 Å². The van der Waals surface area contributed by atoms with Gasteiger partial charge in [-0.1, -0.05) is 13.8 Å². The van der Waals surface area contributed by atoms with Crippen LogP contribution in [0, 0.1) is 11.8 Å². The van der Waals surface area contributed by atoms with Gasteiger partial charge in [0.2, 0.25) is 0 Å². The van der Waals surface area contributed by atoms with Crippen LogP contribution in [0.1, 0.15) is 20.3 Å². The van der Waals surface area contributed by atoms with Gasteiger partial charge in [-0.05, 0) is 18.3 Å². The lowest BCUT2D eigenvalue weighted by atomic mass is 9.94. The summed E-state index contributed by atoms with van der Waals surface area (Å²) in [6.45, 7) is 7.23. The molecule has 1 aliphatic heterocycles. The fraction of sp³-hybridized carbons (Fsp3) is 1.00. The molecule has 2 atom stereocenters. The Morgan fingerprint density at radius 1 is 1.22 bits per heavy atom. The van der Waals surface area contributed by atoms with Crippen LogP contribution in [0.15, 0.2) is 0 Å². The van der Waals surface area contributed by atoms with Crippen molar-refractivity contribution >= 4 is 22.9 Å². The summed E-state index contributed by atoms with van der Waals surface area (Å²) in [6.07, 6.45) is 1.42. The Balaban J connectivity index is 2.34. The van der Waals surface area contributed by atoms with E-state index in [1.54, 1.807) is 0 Å². The number of piperidine rings is 1. The minimum atomic E-state index is 0.908. The van der Waals surface area contributed by atoms with Crippen molar-refractivity contribution in [2.24, 2.45) is 11.8 Å². The Kier molecular flexibility index (Phi) is 2.76. The third-order valence-electron chi connectivity index (χ3n) is 1.82. The molecule has 0 bridgehead atoms. The van der Waals surface area contributed by atoms with E-state index in [1.165, 1.54) is 19.5 Å². The van der Waals surface area contributed by atoms with Crippen LogP contribution in [0.25, 0.3) is 0 Å². The third-order valence-corrected chi connectivity index (χ3v) is 2.61. The van der Waals surface area contributed by atoms with Gasteiger partial charge in [-0.25, -0.2) is 3.11 Å². The molecule has 54 valence electrons. The van der Waals surface area contributed by atoms with E-state index in [0.717, 1.165) is 11.8 Å². The molecular formula is C7H14IN. The summed E-state index contributed by atoms with van der Waals surface area (Å²) in [7, 11) is 0. The average molecular weight is 239 g/mol. The smallest absolute Gasteiger partial charge is 0.0201 e. The van der Waals surface area contributed by atoms with Crippen molar-refractivity contribution in [3.05, 3.63) is 0 Å². The molecule has 0 spiro atoms. The van der Waals surface area contributed by atoms with Crippen LogP contribution >= 0.6 is 22.9 Å². The van der Waals surface area contributed by atoms with Crippen molar-refractivity contribution in [2.75, 3.05) is 13.1 Å². The Hall–Kier alpha value is 0.690. The average Bonchev–Trinajstić information content (AvgIpc) is 1.59. The molecule has 0 aromatic carbocycles. The van der Waals surface area contributed by atoms with E-state index in [4.69, 9.17) is 0 Å². The van der Waals surface area contributed by atoms with E-state index in [0.29, 0.717) is 0 Å². The van der Waals surface area contributed by atoms with Crippen LogP contribution in [0.5, 0.6) is 0 Å². The van der Waals surface area contributed by atoms with Crippen molar-refractivity contribution in [3.63, 3.8) is 0 Å². The van der Waals surface area contributed by atoms with Gasteiger partial charge >= 0.3 is 0 Å². The molecule has 1 nitrogen and oxygen atoms in total. The van der Waals surface area contributed by atoms with E-state index < -0.39 is 0 Å². The first-order chi connectivity index (χ1) is 4.18. The fourth-order valence-corrected chi connectivity index (χ4v) is 2.93. The standard InChI is InChI=1S/C7H14IN/c1-6-3-7(2)5-9(8)4-6/h6-7H,3-5H2,1-2H3/t6-,7-/m0/s1. The van der Waals surface area contributed by atoms with Crippen LogP contribution in [-0.4, -0.2) is 16.2 Å². The Bertz CT molecular complexity index is 69.9. The largest absolute Gasteiger partial charge is 0.247 e. The van der Waals surface area contributed by atoms with Gasteiger partial charge in [0.05, 0.1) is 0 Å². The van der Waals surface area contributed by atoms with Gasteiger partial charge in [-0.2, -0.15) is 0 Å². The molecule has 1 fully saturated rings. The molecule has 2 heteroatoms. The second-order valence-corrected chi connectivity index (χ2v) is 4.64. The van der Waals surface area contributed by atoms with Crippen LogP contribution in [-0.2, 0) is 0 Å². The predicted octanol–water partition coefficient (Wildman–Crippen LogP) is 2.31. The van der Waals surface area contributed by atoms with Gasteiger partial charge in [0.15, 0.2) is 0 Å². The summed E-state index contributed by atoms with van der Waals surface area (Å²) in [5.74, 6) is 1.82. The molecule has 1 saturated heterocycles. The lowest BCUT2D eigenvalue weighted by molar-refractivity contribution is 0.254. The lowest BCUT2D eigenvalue weighted by Crippen LogP contribution is -2.31. The first-order valence-corrected chi connectivity index (χ1v) is 4.55. The third kappa shape index (κ3) is 2.42. The van der Waals surface area contributed by atoms with Crippen LogP contribution in [0.2, 0.25) is 0 Å². The Morgan fingerprint density at radius 2 is 1.67 bits per heavy atom. The lowest BCUT2D eigenvalue weighted by Gasteiger charge is -2.30. The van der Waals surface area contributed by atoms with E-state index in [-0.39, 0.29) is 0 Å². The van der Waals surface area contributed by atoms with Crippen molar-refractivity contribution in [2.45, 2.75) is 20.3 Å². The number of hydrogen-bond donors (Lipinski definition) is 0. The molecule has 1 heterocycles. The molecular weight excluding hydrogens is 225 g/mol. The molecule has 1 rings (SSSR count). The minimum absolute atomic E-state index is 0.908. The van der Waals surface area contributed by atoms with Gasteiger partial charge in [0.1, 0.15) is 0 Å². The number of hydrogen-bond acceptors (Lipinski definition) is 1. The zero-order valence-corrected chi connectivity index (χ0v) is 8.26. The van der Waals surface area contributed by atoms with Crippen LogP contribution in [0.3, 0.4) is 0 Å². The summed E-state index contributed by atoms with van der Waals surface area (Å²) in [5, 5.41) is 0. The number of halogens is 1. The molecule has 0 saturated carbocycles. The van der Waals surface area contributed by atoms with E-state index in [1.807, 2.05) is 0 Å². The second-order valence-electron chi connectivity index (χ2n) is 3.27. The van der Waals surface area contributed by atoms with Crippen molar-refractivity contribution in [1.82, 2.24) is 3.11 Å². The summed E-state index contributed by atoms with van der Waals surface area (Å²) in [5.41, 5.74) is 0. The Morgan fingerprint density at radius 3 is 2.00 bits per heavy atom. The SMILES string of the molecule is C[C@H]1C[C@H](C)CN(I)C1. The number of rotatable bonds is 0. The number of nitrogens with zero attached hydrogens (tertiary/aromatic N) is 1. The van der Waals surface area contributed by atoms with E-state index in [2.05, 4.69) is 39.8 Å². The molecule has 0 amide bonds. The maximum atomic E-state index is 2.42. The highest BCUT2D eigenvalue weighted by atomic mass is 127. The zero-order valence-electron chi connectivity index (χ0n) is 6.10. The molecule has 0 N–H and O–H groups in total. The highest BCUT2D eigenvalue weighted by Gasteiger charge is 2.19. The maximum absolute atomic E-state index is 2.42. The molecule has 0 aliphatic carbocycles. The molecule has 0 aromatic heterocycles. The fourth-order valence-electron chi connectivity index (χ4n) is 1.59. The zero-order chi connectivity index (χ0) is 6.85. The predicted molar refractivity (Wildman–Crippen MR) is 48.5 cm³/mol. The van der Waals surface area contributed by atoms with Gasteiger partial charge < -0.3 is 0 Å². The molecule has 0 radical (unpaired) electrons. The van der Waals surface area contributed by atoms with Gasteiger partial charge in [-0.3, -0.25) is 0 Å².